The highest BCUT2D eigenvalue weighted by atomic mass is 16.6. The van der Waals surface area contributed by atoms with Crippen LogP contribution < -0.4 is 10.2 Å². The summed E-state index contributed by atoms with van der Waals surface area (Å²) in [5.74, 6) is 1.77. The Labute approximate surface area is 118 Å². The summed E-state index contributed by atoms with van der Waals surface area (Å²) in [7, 11) is 0. The van der Waals surface area contributed by atoms with Crippen molar-refractivity contribution < 1.29 is 4.92 Å². The first-order valence-electron chi connectivity index (χ1n) is 7.02. The van der Waals surface area contributed by atoms with Crippen molar-refractivity contribution in [3.8, 4) is 0 Å². The number of nitro groups is 1. The molecule has 0 amide bonds. The number of nitrogens with zero attached hydrogens (tertiary/aromatic N) is 4. The molecule has 0 aliphatic carbocycles. The van der Waals surface area contributed by atoms with Crippen molar-refractivity contribution in [3.05, 3.63) is 16.4 Å². The molecule has 0 bridgehead atoms. The van der Waals surface area contributed by atoms with Gasteiger partial charge in [-0.1, -0.05) is 20.8 Å². The molecule has 0 spiro atoms. The molecule has 1 aromatic rings. The Morgan fingerprint density at radius 1 is 1.40 bits per heavy atom. The van der Waals surface area contributed by atoms with Gasteiger partial charge in [0.15, 0.2) is 0 Å². The Kier molecular flexibility index (Phi) is 4.36. The first-order chi connectivity index (χ1) is 9.54. The molecule has 0 radical (unpaired) electrons. The normalized spacial score (nSPS) is 22.1. The number of anilines is 2. The third kappa shape index (κ3) is 2.81. The average Bonchev–Trinajstić information content (AvgIpc) is 2.75. The van der Waals surface area contributed by atoms with Crippen LogP contribution in [0.3, 0.4) is 0 Å². The van der Waals surface area contributed by atoms with E-state index in [1.54, 1.807) is 0 Å². The predicted molar refractivity (Wildman–Crippen MR) is 78.0 cm³/mol. The van der Waals surface area contributed by atoms with Crippen LogP contribution in [0.2, 0.25) is 0 Å². The third-order valence-electron chi connectivity index (χ3n) is 3.82. The van der Waals surface area contributed by atoms with Crippen molar-refractivity contribution in [1.82, 2.24) is 9.97 Å². The highest BCUT2D eigenvalue weighted by molar-refractivity contribution is 5.70. The lowest BCUT2D eigenvalue weighted by atomic mass is 10.0. The van der Waals surface area contributed by atoms with Crippen LogP contribution in [0.15, 0.2) is 6.33 Å². The van der Waals surface area contributed by atoms with Crippen molar-refractivity contribution in [1.29, 1.82) is 0 Å². The molecule has 20 heavy (non-hydrogen) atoms. The van der Waals surface area contributed by atoms with Gasteiger partial charge in [-0.15, -0.1) is 0 Å². The van der Waals surface area contributed by atoms with E-state index in [4.69, 9.17) is 0 Å². The topological polar surface area (TPSA) is 84.2 Å². The summed E-state index contributed by atoms with van der Waals surface area (Å²) in [5.41, 5.74) is -0.0118. The smallest absolute Gasteiger partial charge is 0.353 e. The maximum atomic E-state index is 11.4. The molecular weight excluding hydrogens is 258 g/mol. The van der Waals surface area contributed by atoms with Crippen LogP contribution in [0.25, 0.3) is 0 Å². The molecule has 1 N–H and O–H groups in total. The lowest BCUT2D eigenvalue weighted by Crippen LogP contribution is -2.23. The Hall–Kier alpha value is -1.92. The van der Waals surface area contributed by atoms with Crippen LogP contribution >= 0.6 is 0 Å². The van der Waals surface area contributed by atoms with Crippen LogP contribution in [0.1, 0.15) is 27.2 Å². The molecule has 1 fully saturated rings. The second kappa shape index (κ2) is 6.02. The van der Waals surface area contributed by atoms with E-state index in [2.05, 4.69) is 29.1 Å². The van der Waals surface area contributed by atoms with Gasteiger partial charge in [0.2, 0.25) is 11.6 Å². The van der Waals surface area contributed by atoms with Crippen molar-refractivity contribution in [2.45, 2.75) is 27.2 Å². The number of hydrogen-bond acceptors (Lipinski definition) is 6. The average molecular weight is 279 g/mol. The van der Waals surface area contributed by atoms with Gasteiger partial charge in [-0.3, -0.25) is 10.1 Å². The Morgan fingerprint density at radius 3 is 2.60 bits per heavy atom. The van der Waals surface area contributed by atoms with E-state index in [9.17, 15) is 10.1 Å². The van der Waals surface area contributed by atoms with Gasteiger partial charge in [0.1, 0.15) is 6.33 Å². The molecule has 7 nitrogen and oxygen atoms in total. The Morgan fingerprint density at radius 2 is 2.05 bits per heavy atom. The zero-order chi connectivity index (χ0) is 14.7. The van der Waals surface area contributed by atoms with Gasteiger partial charge in [0, 0.05) is 19.6 Å². The molecule has 1 aliphatic rings. The van der Waals surface area contributed by atoms with Crippen LogP contribution in [-0.2, 0) is 0 Å². The first-order valence-corrected chi connectivity index (χ1v) is 7.02. The van der Waals surface area contributed by atoms with Gasteiger partial charge in [-0.25, -0.2) is 9.97 Å². The monoisotopic (exact) mass is 279 g/mol. The molecule has 2 atom stereocenters. The zero-order valence-corrected chi connectivity index (χ0v) is 12.2. The minimum Gasteiger partial charge on any atom is -0.364 e. The zero-order valence-electron chi connectivity index (χ0n) is 12.2. The highest BCUT2D eigenvalue weighted by Gasteiger charge is 2.33. The van der Waals surface area contributed by atoms with E-state index < -0.39 is 0 Å². The number of nitrogens with one attached hydrogen (secondary N) is 1. The summed E-state index contributed by atoms with van der Waals surface area (Å²) in [6.07, 6.45) is 2.28. The molecule has 0 aromatic carbocycles. The molecule has 1 aromatic heterocycles. The molecule has 0 saturated carbocycles. The van der Waals surface area contributed by atoms with Crippen molar-refractivity contribution in [3.63, 3.8) is 0 Å². The molecule has 1 aliphatic heterocycles. The summed E-state index contributed by atoms with van der Waals surface area (Å²) in [4.78, 5) is 21.2. The number of aromatic nitrogens is 2. The second-order valence-electron chi connectivity index (χ2n) is 5.44. The summed E-state index contributed by atoms with van der Waals surface area (Å²) in [5, 5.41) is 14.4. The largest absolute Gasteiger partial charge is 0.364 e. The lowest BCUT2D eigenvalue weighted by Gasteiger charge is -2.17. The van der Waals surface area contributed by atoms with E-state index in [1.165, 1.54) is 6.33 Å². The fraction of sp³-hybridized carbons (Fsp3) is 0.692. The van der Waals surface area contributed by atoms with Crippen LogP contribution in [-0.4, -0.2) is 34.5 Å². The molecule has 7 heteroatoms. The minimum absolute atomic E-state index is 0.0118. The standard InChI is InChI=1S/C13H21N5O2/c1-4-5-14-12-11(18(19)20)13(16-8-15-12)17-6-9(2)10(3)7-17/h8-10H,4-7H2,1-3H3,(H,14,15,16). The van der Waals surface area contributed by atoms with Gasteiger partial charge in [-0.2, -0.15) is 0 Å². The Balaban J connectivity index is 2.35. The molecule has 1 saturated heterocycles. The predicted octanol–water partition coefficient (Wildman–Crippen LogP) is 2.30. The van der Waals surface area contributed by atoms with E-state index >= 15 is 0 Å². The van der Waals surface area contributed by atoms with Crippen molar-refractivity contribution in [2.24, 2.45) is 11.8 Å². The summed E-state index contributed by atoms with van der Waals surface area (Å²) >= 11 is 0. The minimum atomic E-state index is -0.388. The van der Waals surface area contributed by atoms with Gasteiger partial charge in [-0.05, 0) is 18.3 Å². The summed E-state index contributed by atoms with van der Waals surface area (Å²) < 4.78 is 0. The van der Waals surface area contributed by atoms with Crippen molar-refractivity contribution >= 4 is 17.3 Å². The van der Waals surface area contributed by atoms with E-state index in [0.29, 0.717) is 30.0 Å². The summed E-state index contributed by atoms with van der Waals surface area (Å²) in [6, 6.07) is 0. The maximum Gasteiger partial charge on any atom is 0.353 e. The van der Waals surface area contributed by atoms with E-state index in [1.807, 2.05) is 11.8 Å². The first kappa shape index (κ1) is 14.5. The number of hydrogen-bond donors (Lipinski definition) is 1. The molecule has 2 heterocycles. The van der Waals surface area contributed by atoms with Crippen LogP contribution in [0, 0.1) is 22.0 Å². The van der Waals surface area contributed by atoms with Gasteiger partial charge < -0.3 is 10.2 Å². The fourth-order valence-corrected chi connectivity index (χ4v) is 2.44. The molecule has 2 rings (SSSR count). The van der Waals surface area contributed by atoms with Crippen LogP contribution in [0.5, 0.6) is 0 Å². The molecule has 2 unspecified atom stereocenters. The highest BCUT2D eigenvalue weighted by Crippen LogP contribution is 2.35. The van der Waals surface area contributed by atoms with E-state index in [0.717, 1.165) is 19.5 Å². The third-order valence-corrected chi connectivity index (χ3v) is 3.82. The Bertz CT molecular complexity index is 484. The number of rotatable bonds is 5. The quantitative estimate of drug-likeness (QED) is 0.657. The SMILES string of the molecule is CCCNc1ncnc(N2CC(C)C(C)C2)c1[N+](=O)[O-]. The van der Waals surface area contributed by atoms with Crippen LogP contribution in [0.4, 0.5) is 17.3 Å². The van der Waals surface area contributed by atoms with Gasteiger partial charge in [0.25, 0.3) is 0 Å². The molecule has 110 valence electrons. The van der Waals surface area contributed by atoms with Crippen molar-refractivity contribution in [2.75, 3.05) is 29.9 Å². The lowest BCUT2D eigenvalue weighted by molar-refractivity contribution is -0.383. The van der Waals surface area contributed by atoms with Gasteiger partial charge >= 0.3 is 5.69 Å². The summed E-state index contributed by atoms with van der Waals surface area (Å²) in [6.45, 7) is 8.58. The van der Waals surface area contributed by atoms with E-state index in [-0.39, 0.29) is 10.6 Å². The fourth-order valence-electron chi connectivity index (χ4n) is 2.44. The molecular formula is C13H21N5O2. The second-order valence-corrected chi connectivity index (χ2v) is 5.44. The van der Waals surface area contributed by atoms with Gasteiger partial charge in [0.05, 0.1) is 4.92 Å². The maximum absolute atomic E-state index is 11.4.